The number of benzene rings is 1. The van der Waals surface area contributed by atoms with Crippen LogP contribution in [0.1, 0.15) is 13.3 Å². The number of rotatable bonds is 7. The molecule has 1 fully saturated rings. The Kier molecular flexibility index (Phi) is 7.85. The average Bonchev–Trinajstić information content (AvgIpc) is 2.68. The molecule has 1 N–H and O–H groups in total. The first-order valence-electron chi connectivity index (χ1n) is 9.27. The molecule has 0 spiro atoms. The largest absolute Gasteiger partial charge is 0.368 e. The Bertz CT molecular complexity index is 716. The van der Waals surface area contributed by atoms with Crippen molar-refractivity contribution in [3.05, 3.63) is 30.1 Å². The predicted molar refractivity (Wildman–Crippen MR) is 108 cm³/mol. The lowest BCUT2D eigenvalue weighted by atomic mass is 10.2. The molecule has 1 aromatic carbocycles. The summed E-state index contributed by atoms with van der Waals surface area (Å²) in [5.74, 6) is 0.728. The van der Waals surface area contributed by atoms with E-state index in [0.717, 1.165) is 37.8 Å². The van der Waals surface area contributed by atoms with E-state index in [1.165, 1.54) is 16.4 Å². The molecule has 1 saturated heterocycles. The highest BCUT2D eigenvalue weighted by molar-refractivity contribution is 7.89. The van der Waals surface area contributed by atoms with Crippen LogP contribution in [0.5, 0.6) is 0 Å². The highest BCUT2D eigenvalue weighted by Gasteiger charge is 2.20. The van der Waals surface area contributed by atoms with Crippen LogP contribution in [-0.4, -0.2) is 82.7 Å². The summed E-state index contributed by atoms with van der Waals surface area (Å²) in [7, 11) is 0.241. The lowest BCUT2D eigenvalue weighted by Gasteiger charge is -2.37. The number of nitrogens with zero attached hydrogens (tertiary/aromatic N) is 4. The second-order valence-corrected chi connectivity index (χ2v) is 8.86. The molecule has 2 rings (SSSR count). The van der Waals surface area contributed by atoms with Crippen molar-refractivity contribution in [2.45, 2.75) is 13.3 Å². The standard InChI is InChI=1S/C18H30FN5O2S/c1-4-27(25,26)22(3)11-5-10-21-18(20-2)24-14-12-23(13-15-24)17-8-6-16(19)7-9-17/h6-9H,4-5,10-15H2,1-3H3,(H,20,21). The van der Waals surface area contributed by atoms with Crippen LogP contribution < -0.4 is 10.2 Å². The fourth-order valence-corrected chi connectivity index (χ4v) is 3.87. The van der Waals surface area contributed by atoms with Crippen LogP contribution in [0.2, 0.25) is 0 Å². The van der Waals surface area contributed by atoms with Crippen molar-refractivity contribution in [3.63, 3.8) is 0 Å². The van der Waals surface area contributed by atoms with Gasteiger partial charge in [-0.2, -0.15) is 0 Å². The molecule has 0 bridgehead atoms. The summed E-state index contributed by atoms with van der Waals surface area (Å²) < 4.78 is 38.0. The molecule has 0 aromatic heterocycles. The Morgan fingerprint density at radius 1 is 1.22 bits per heavy atom. The number of guanidine groups is 1. The summed E-state index contributed by atoms with van der Waals surface area (Å²) in [4.78, 5) is 8.75. The van der Waals surface area contributed by atoms with E-state index in [1.807, 2.05) is 0 Å². The summed E-state index contributed by atoms with van der Waals surface area (Å²) >= 11 is 0. The van der Waals surface area contributed by atoms with Crippen molar-refractivity contribution in [2.24, 2.45) is 4.99 Å². The average molecular weight is 400 g/mol. The normalized spacial score (nSPS) is 16.1. The summed E-state index contributed by atoms with van der Waals surface area (Å²) in [6.07, 6.45) is 0.713. The zero-order valence-corrected chi connectivity index (χ0v) is 17.2. The molecule has 7 nitrogen and oxygen atoms in total. The maximum Gasteiger partial charge on any atom is 0.213 e. The lowest BCUT2D eigenvalue weighted by Crippen LogP contribution is -2.52. The summed E-state index contributed by atoms with van der Waals surface area (Å²) in [5, 5.41) is 3.31. The number of piperazine rings is 1. The Morgan fingerprint density at radius 3 is 2.41 bits per heavy atom. The van der Waals surface area contributed by atoms with Gasteiger partial charge in [-0.05, 0) is 37.6 Å². The van der Waals surface area contributed by atoms with Crippen molar-refractivity contribution in [1.29, 1.82) is 0 Å². The van der Waals surface area contributed by atoms with Gasteiger partial charge in [0, 0.05) is 59.1 Å². The van der Waals surface area contributed by atoms with E-state index in [0.29, 0.717) is 19.5 Å². The minimum atomic E-state index is -3.12. The van der Waals surface area contributed by atoms with Crippen molar-refractivity contribution in [1.82, 2.24) is 14.5 Å². The lowest BCUT2D eigenvalue weighted by molar-refractivity contribution is 0.371. The van der Waals surface area contributed by atoms with Crippen molar-refractivity contribution >= 4 is 21.7 Å². The van der Waals surface area contributed by atoms with E-state index in [9.17, 15) is 12.8 Å². The molecule has 27 heavy (non-hydrogen) atoms. The van der Waals surface area contributed by atoms with Gasteiger partial charge in [0.15, 0.2) is 5.96 Å². The van der Waals surface area contributed by atoms with Crippen LogP contribution in [0.3, 0.4) is 0 Å². The molecular formula is C18H30FN5O2S. The quantitative estimate of drug-likeness (QED) is 0.424. The first-order valence-corrected chi connectivity index (χ1v) is 10.9. The number of halogens is 1. The zero-order chi connectivity index (χ0) is 19.9. The van der Waals surface area contributed by atoms with Gasteiger partial charge >= 0.3 is 0 Å². The molecule has 1 aromatic rings. The molecule has 1 heterocycles. The smallest absolute Gasteiger partial charge is 0.213 e. The second-order valence-electron chi connectivity index (χ2n) is 6.50. The SMILES string of the molecule is CCS(=O)(=O)N(C)CCCNC(=NC)N1CCN(c2ccc(F)cc2)CC1. The molecule has 1 aliphatic heterocycles. The Balaban J connectivity index is 1.76. The number of anilines is 1. The minimum absolute atomic E-state index is 0.122. The number of sulfonamides is 1. The third kappa shape index (κ3) is 6.07. The molecule has 0 amide bonds. The Hall–Kier alpha value is -1.87. The third-order valence-corrected chi connectivity index (χ3v) is 6.62. The molecule has 0 unspecified atom stereocenters. The zero-order valence-electron chi connectivity index (χ0n) is 16.4. The molecule has 0 atom stereocenters. The Morgan fingerprint density at radius 2 is 1.85 bits per heavy atom. The fourth-order valence-electron chi connectivity index (χ4n) is 3.02. The van der Waals surface area contributed by atoms with Gasteiger partial charge in [0.05, 0.1) is 5.75 Å². The molecule has 0 aliphatic carbocycles. The van der Waals surface area contributed by atoms with Gasteiger partial charge in [0.1, 0.15) is 5.82 Å². The highest BCUT2D eigenvalue weighted by atomic mass is 32.2. The third-order valence-electron chi connectivity index (χ3n) is 4.76. The fraction of sp³-hybridized carbons (Fsp3) is 0.611. The van der Waals surface area contributed by atoms with Gasteiger partial charge in [-0.15, -0.1) is 0 Å². The van der Waals surface area contributed by atoms with E-state index >= 15 is 0 Å². The molecule has 1 aliphatic rings. The second kappa shape index (κ2) is 9.89. The monoisotopic (exact) mass is 399 g/mol. The molecule has 9 heteroatoms. The van der Waals surface area contributed by atoms with Crippen LogP contribution in [0.25, 0.3) is 0 Å². The van der Waals surface area contributed by atoms with Gasteiger partial charge in [-0.3, -0.25) is 4.99 Å². The van der Waals surface area contributed by atoms with Crippen LogP contribution in [0.15, 0.2) is 29.3 Å². The van der Waals surface area contributed by atoms with Gasteiger partial charge in [-0.1, -0.05) is 0 Å². The van der Waals surface area contributed by atoms with E-state index in [2.05, 4.69) is 20.1 Å². The van der Waals surface area contributed by atoms with Crippen molar-refractivity contribution in [3.8, 4) is 0 Å². The van der Waals surface area contributed by atoms with Crippen LogP contribution in [0, 0.1) is 5.82 Å². The van der Waals surface area contributed by atoms with E-state index in [-0.39, 0.29) is 11.6 Å². The van der Waals surface area contributed by atoms with E-state index in [4.69, 9.17) is 0 Å². The first kappa shape index (κ1) is 21.4. The van der Waals surface area contributed by atoms with Gasteiger partial charge < -0.3 is 15.1 Å². The number of aliphatic imine (C=N–C) groups is 1. The van der Waals surface area contributed by atoms with Gasteiger partial charge in [0.2, 0.25) is 10.0 Å². The molecule has 152 valence electrons. The summed E-state index contributed by atoms with van der Waals surface area (Å²) in [6.45, 7) is 6.11. The Labute approximate surface area is 161 Å². The first-order chi connectivity index (χ1) is 12.9. The van der Waals surface area contributed by atoms with Crippen molar-refractivity contribution < 1.29 is 12.8 Å². The molecular weight excluding hydrogens is 369 g/mol. The molecule has 0 radical (unpaired) electrons. The van der Waals surface area contributed by atoms with Crippen LogP contribution in [-0.2, 0) is 10.0 Å². The van der Waals surface area contributed by atoms with Gasteiger partial charge in [-0.25, -0.2) is 17.1 Å². The highest BCUT2D eigenvalue weighted by Crippen LogP contribution is 2.16. The topological polar surface area (TPSA) is 68.2 Å². The maximum atomic E-state index is 13.1. The van der Waals surface area contributed by atoms with E-state index in [1.54, 1.807) is 33.2 Å². The number of hydrogen-bond acceptors (Lipinski definition) is 4. The number of nitrogens with one attached hydrogen (secondary N) is 1. The van der Waals surface area contributed by atoms with Crippen LogP contribution >= 0.6 is 0 Å². The van der Waals surface area contributed by atoms with E-state index < -0.39 is 10.0 Å². The predicted octanol–water partition coefficient (Wildman–Crippen LogP) is 1.19. The van der Waals surface area contributed by atoms with Gasteiger partial charge in [0.25, 0.3) is 0 Å². The summed E-state index contributed by atoms with van der Waals surface area (Å²) in [5.41, 5.74) is 1.03. The van der Waals surface area contributed by atoms with Crippen LogP contribution in [0.4, 0.5) is 10.1 Å². The minimum Gasteiger partial charge on any atom is -0.368 e. The maximum absolute atomic E-state index is 13.1. The summed E-state index contributed by atoms with van der Waals surface area (Å²) in [6, 6.07) is 6.58. The number of hydrogen-bond donors (Lipinski definition) is 1. The molecule has 0 saturated carbocycles. The van der Waals surface area contributed by atoms with Crippen molar-refractivity contribution in [2.75, 3.05) is 64.0 Å².